The van der Waals surface area contributed by atoms with E-state index in [0.717, 1.165) is 23.6 Å². The molecule has 1 aromatic rings. The number of aromatic nitrogens is 1. The van der Waals surface area contributed by atoms with E-state index in [-0.39, 0.29) is 0 Å². The Balaban J connectivity index is 2.86. The van der Waals surface area contributed by atoms with Crippen LogP contribution in [0, 0.1) is 12.8 Å². The smallest absolute Gasteiger partial charge is 0.152 e. The molecule has 0 aromatic carbocycles. The van der Waals surface area contributed by atoms with Gasteiger partial charge in [0, 0.05) is 18.8 Å². The van der Waals surface area contributed by atoms with Crippen molar-refractivity contribution >= 4 is 11.5 Å². The Kier molecular flexibility index (Phi) is 4.16. The number of hydrogen-bond acceptors (Lipinski definition) is 3. The molecule has 2 N–H and O–H groups in total. The van der Waals surface area contributed by atoms with Gasteiger partial charge in [-0.2, -0.15) is 0 Å². The second-order valence-electron chi connectivity index (χ2n) is 4.95. The molecule has 1 unspecified atom stereocenters. The summed E-state index contributed by atoms with van der Waals surface area (Å²) in [4.78, 5) is 6.67. The fourth-order valence-corrected chi connectivity index (χ4v) is 1.89. The number of nitrogen functional groups attached to an aromatic ring is 1. The summed E-state index contributed by atoms with van der Waals surface area (Å²) in [7, 11) is 2.06. The highest BCUT2D eigenvalue weighted by Crippen LogP contribution is 2.23. The fraction of sp³-hybridized carbons (Fsp3) is 0.615. The molecule has 1 atom stereocenters. The van der Waals surface area contributed by atoms with Gasteiger partial charge in [-0.05, 0) is 38.3 Å². The van der Waals surface area contributed by atoms with Crippen molar-refractivity contribution in [2.75, 3.05) is 17.7 Å². The van der Waals surface area contributed by atoms with Crippen LogP contribution in [0.2, 0.25) is 0 Å². The molecule has 3 heteroatoms. The molecule has 0 aliphatic carbocycles. The van der Waals surface area contributed by atoms with E-state index < -0.39 is 0 Å². The monoisotopic (exact) mass is 221 g/mol. The van der Waals surface area contributed by atoms with Crippen molar-refractivity contribution in [1.29, 1.82) is 0 Å². The van der Waals surface area contributed by atoms with Crippen LogP contribution >= 0.6 is 0 Å². The second-order valence-corrected chi connectivity index (χ2v) is 4.95. The van der Waals surface area contributed by atoms with Crippen molar-refractivity contribution in [2.45, 2.75) is 40.2 Å². The van der Waals surface area contributed by atoms with Crippen LogP contribution in [-0.4, -0.2) is 18.1 Å². The Labute approximate surface area is 98.7 Å². The lowest BCUT2D eigenvalue weighted by Crippen LogP contribution is -2.31. The van der Waals surface area contributed by atoms with Gasteiger partial charge < -0.3 is 10.6 Å². The van der Waals surface area contributed by atoms with Crippen LogP contribution in [0.3, 0.4) is 0 Å². The molecule has 90 valence electrons. The van der Waals surface area contributed by atoms with E-state index in [1.54, 1.807) is 0 Å². The number of pyridine rings is 1. The summed E-state index contributed by atoms with van der Waals surface area (Å²) < 4.78 is 0. The molecular formula is C13H23N3. The van der Waals surface area contributed by atoms with Crippen LogP contribution < -0.4 is 10.6 Å². The predicted molar refractivity (Wildman–Crippen MR) is 70.7 cm³/mol. The minimum atomic E-state index is 0.455. The normalized spacial score (nSPS) is 12.9. The van der Waals surface area contributed by atoms with Crippen LogP contribution in [0.4, 0.5) is 11.5 Å². The standard InChI is InChI=1S/C13H23N3/c1-9(2)8-11(4)16(5)13-12(14)7-6-10(3)15-13/h6-7,9,11H,8,14H2,1-5H3. The first kappa shape index (κ1) is 12.8. The highest BCUT2D eigenvalue weighted by molar-refractivity contribution is 5.62. The number of anilines is 2. The van der Waals surface area contributed by atoms with Gasteiger partial charge in [-0.3, -0.25) is 0 Å². The zero-order chi connectivity index (χ0) is 12.3. The summed E-state index contributed by atoms with van der Waals surface area (Å²) in [5, 5.41) is 0. The third-order valence-electron chi connectivity index (χ3n) is 2.85. The van der Waals surface area contributed by atoms with Gasteiger partial charge in [-0.15, -0.1) is 0 Å². The van der Waals surface area contributed by atoms with Gasteiger partial charge >= 0.3 is 0 Å². The zero-order valence-electron chi connectivity index (χ0n) is 11.0. The molecule has 0 saturated heterocycles. The minimum Gasteiger partial charge on any atom is -0.396 e. The van der Waals surface area contributed by atoms with E-state index >= 15 is 0 Å². The Hall–Kier alpha value is -1.25. The predicted octanol–water partition coefficient (Wildman–Crippen LogP) is 2.84. The molecule has 0 amide bonds. The Morgan fingerprint density at radius 1 is 1.31 bits per heavy atom. The van der Waals surface area contributed by atoms with Crippen LogP contribution in [0.5, 0.6) is 0 Å². The molecule has 1 heterocycles. The lowest BCUT2D eigenvalue weighted by atomic mass is 10.0. The van der Waals surface area contributed by atoms with E-state index in [2.05, 4.69) is 37.7 Å². The summed E-state index contributed by atoms with van der Waals surface area (Å²) in [6.45, 7) is 8.67. The molecule has 0 bridgehead atoms. The minimum absolute atomic E-state index is 0.455. The maximum Gasteiger partial charge on any atom is 0.152 e. The average molecular weight is 221 g/mol. The Morgan fingerprint density at radius 2 is 1.94 bits per heavy atom. The summed E-state index contributed by atoms with van der Waals surface area (Å²) in [5.41, 5.74) is 7.72. The van der Waals surface area contributed by atoms with Crippen molar-refractivity contribution in [2.24, 2.45) is 5.92 Å². The molecular weight excluding hydrogens is 198 g/mol. The van der Waals surface area contributed by atoms with E-state index in [4.69, 9.17) is 5.73 Å². The molecule has 0 aliphatic heterocycles. The van der Waals surface area contributed by atoms with Crippen molar-refractivity contribution in [3.63, 3.8) is 0 Å². The summed E-state index contributed by atoms with van der Waals surface area (Å²) in [6.07, 6.45) is 1.14. The first-order chi connectivity index (χ1) is 7.41. The van der Waals surface area contributed by atoms with Crippen molar-refractivity contribution < 1.29 is 0 Å². The summed E-state index contributed by atoms with van der Waals surface area (Å²) in [6, 6.07) is 4.33. The van der Waals surface area contributed by atoms with Crippen LogP contribution in [0.25, 0.3) is 0 Å². The molecule has 1 aromatic heterocycles. The van der Waals surface area contributed by atoms with Gasteiger partial charge in [-0.25, -0.2) is 4.98 Å². The number of aryl methyl sites for hydroxylation is 1. The SMILES string of the molecule is Cc1ccc(N)c(N(C)C(C)CC(C)C)n1. The Bertz CT molecular complexity index is 347. The fourth-order valence-electron chi connectivity index (χ4n) is 1.89. The third-order valence-corrected chi connectivity index (χ3v) is 2.85. The summed E-state index contributed by atoms with van der Waals surface area (Å²) in [5.74, 6) is 1.58. The van der Waals surface area contributed by atoms with Crippen LogP contribution in [0.1, 0.15) is 32.9 Å². The highest BCUT2D eigenvalue weighted by Gasteiger charge is 2.15. The number of nitrogens with zero attached hydrogens (tertiary/aromatic N) is 2. The third kappa shape index (κ3) is 3.12. The number of nitrogens with two attached hydrogens (primary N) is 1. The maximum atomic E-state index is 5.95. The van der Waals surface area contributed by atoms with Gasteiger partial charge in [0.05, 0.1) is 5.69 Å². The van der Waals surface area contributed by atoms with E-state index in [0.29, 0.717) is 12.0 Å². The zero-order valence-corrected chi connectivity index (χ0v) is 11.0. The lowest BCUT2D eigenvalue weighted by molar-refractivity contribution is 0.502. The van der Waals surface area contributed by atoms with E-state index in [1.807, 2.05) is 19.1 Å². The van der Waals surface area contributed by atoms with Gasteiger partial charge in [0.1, 0.15) is 0 Å². The highest BCUT2D eigenvalue weighted by atomic mass is 15.2. The van der Waals surface area contributed by atoms with Crippen molar-refractivity contribution in [3.8, 4) is 0 Å². The van der Waals surface area contributed by atoms with Crippen molar-refractivity contribution in [3.05, 3.63) is 17.8 Å². The maximum absolute atomic E-state index is 5.95. The largest absolute Gasteiger partial charge is 0.396 e. The molecule has 0 spiro atoms. The number of rotatable bonds is 4. The van der Waals surface area contributed by atoms with Crippen LogP contribution in [0.15, 0.2) is 12.1 Å². The van der Waals surface area contributed by atoms with Gasteiger partial charge in [0.25, 0.3) is 0 Å². The topological polar surface area (TPSA) is 42.1 Å². The Morgan fingerprint density at radius 3 is 2.50 bits per heavy atom. The van der Waals surface area contributed by atoms with Gasteiger partial charge in [0.15, 0.2) is 5.82 Å². The first-order valence-corrected chi connectivity index (χ1v) is 5.87. The molecule has 0 radical (unpaired) electrons. The molecule has 16 heavy (non-hydrogen) atoms. The van der Waals surface area contributed by atoms with Gasteiger partial charge in [-0.1, -0.05) is 13.8 Å². The van der Waals surface area contributed by atoms with Gasteiger partial charge in [0.2, 0.25) is 0 Å². The lowest BCUT2D eigenvalue weighted by Gasteiger charge is -2.28. The molecule has 1 rings (SSSR count). The molecule has 0 fully saturated rings. The molecule has 3 nitrogen and oxygen atoms in total. The molecule has 0 aliphatic rings. The number of hydrogen-bond donors (Lipinski definition) is 1. The second kappa shape index (κ2) is 5.19. The summed E-state index contributed by atoms with van der Waals surface area (Å²) >= 11 is 0. The van der Waals surface area contributed by atoms with Crippen molar-refractivity contribution in [1.82, 2.24) is 4.98 Å². The van der Waals surface area contributed by atoms with E-state index in [9.17, 15) is 0 Å². The first-order valence-electron chi connectivity index (χ1n) is 5.87. The molecule has 0 saturated carbocycles. The van der Waals surface area contributed by atoms with E-state index in [1.165, 1.54) is 0 Å². The van der Waals surface area contributed by atoms with Crippen LogP contribution in [-0.2, 0) is 0 Å². The average Bonchev–Trinajstić information content (AvgIpc) is 2.19. The quantitative estimate of drug-likeness (QED) is 0.850.